The smallest absolute Gasteiger partial charge is 0.227 e. The SMILES string of the molecule is COc1ccc(/C=N/c2nc3ccccc3[nH]2)c(OC)c1. The van der Waals surface area contributed by atoms with Crippen molar-refractivity contribution in [1.82, 2.24) is 9.97 Å². The molecule has 106 valence electrons. The molecule has 1 heterocycles. The maximum absolute atomic E-state index is 5.33. The van der Waals surface area contributed by atoms with Crippen molar-refractivity contribution in [1.29, 1.82) is 0 Å². The number of nitrogens with zero attached hydrogens (tertiary/aromatic N) is 2. The first kappa shape index (κ1) is 13.2. The molecule has 0 saturated heterocycles. The molecule has 21 heavy (non-hydrogen) atoms. The van der Waals surface area contributed by atoms with Crippen LogP contribution in [0, 0.1) is 0 Å². The van der Waals surface area contributed by atoms with E-state index in [9.17, 15) is 0 Å². The average molecular weight is 281 g/mol. The van der Waals surface area contributed by atoms with Crippen molar-refractivity contribution in [3.63, 3.8) is 0 Å². The topological polar surface area (TPSA) is 59.5 Å². The lowest BCUT2D eigenvalue weighted by molar-refractivity contribution is 0.394. The fraction of sp³-hybridized carbons (Fsp3) is 0.125. The summed E-state index contributed by atoms with van der Waals surface area (Å²) in [5.41, 5.74) is 2.72. The van der Waals surface area contributed by atoms with E-state index in [2.05, 4.69) is 15.0 Å². The summed E-state index contributed by atoms with van der Waals surface area (Å²) in [5.74, 6) is 2.01. The number of aromatic amines is 1. The fourth-order valence-corrected chi connectivity index (χ4v) is 2.06. The number of nitrogens with one attached hydrogen (secondary N) is 1. The largest absolute Gasteiger partial charge is 0.497 e. The van der Waals surface area contributed by atoms with Gasteiger partial charge in [0.15, 0.2) is 0 Å². The number of imidazole rings is 1. The van der Waals surface area contributed by atoms with E-state index >= 15 is 0 Å². The van der Waals surface area contributed by atoms with E-state index in [-0.39, 0.29) is 0 Å². The summed E-state index contributed by atoms with van der Waals surface area (Å²) < 4.78 is 10.5. The summed E-state index contributed by atoms with van der Waals surface area (Å²) in [7, 11) is 3.24. The number of benzene rings is 2. The zero-order valence-electron chi connectivity index (χ0n) is 11.8. The summed E-state index contributed by atoms with van der Waals surface area (Å²) >= 11 is 0. The van der Waals surface area contributed by atoms with Crippen molar-refractivity contribution < 1.29 is 9.47 Å². The van der Waals surface area contributed by atoms with Crippen LogP contribution in [0.15, 0.2) is 47.5 Å². The van der Waals surface area contributed by atoms with Crippen LogP contribution in [0.2, 0.25) is 0 Å². The first-order chi connectivity index (χ1) is 10.3. The van der Waals surface area contributed by atoms with Crippen LogP contribution < -0.4 is 9.47 Å². The predicted molar refractivity (Wildman–Crippen MR) is 82.9 cm³/mol. The van der Waals surface area contributed by atoms with Gasteiger partial charge in [0, 0.05) is 17.8 Å². The van der Waals surface area contributed by atoms with E-state index < -0.39 is 0 Å². The Morgan fingerprint density at radius 1 is 1.10 bits per heavy atom. The number of ether oxygens (including phenoxy) is 2. The Morgan fingerprint density at radius 2 is 1.95 bits per heavy atom. The zero-order chi connectivity index (χ0) is 14.7. The third-order valence-electron chi connectivity index (χ3n) is 3.14. The molecule has 5 nitrogen and oxygen atoms in total. The predicted octanol–water partition coefficient (Wildman–Crippen LogP) is 3.33. The summed E-state index contributed by atoms with van der Waals surface area (Å²) in [6, 6.07) is 13.4. The highest BCUT2D eigenvalue weighted by molar-refractivity contribution is 5.86. The maximum Gasteiger partial charge on any atom is 0.227 e. The van der Waals surface area contributed by atoms with Gasteiger partial charge in [-0.3, -0.25) is 0 Å². The van der Waals surface area contributed by atoms with Gasteiger partial charge in [-0.15, -0.1) is 0 Å². The molecule has 0 spiro atoms. The van der Waals surface area contributed by atoms with Gasteiger partial charge < -0.3 is 14.5 Å². The van der Waals surface area contributed by atoms with Gasteiger partial charge in [-0.05, 0) is 24.3 Å². The first-order valence-electron chi connectivity index (χ1n) is 6.51. The van der Waals surface area contributed by atoms with Crippen molar-refractivity contribution in [2.24, 2.45) is 4.99 Å². The molecule has 0 fully saturated rings. The van der Waals surface area contributed by atoms with Crippen molar-refractivity contribution in [3.8, 4) is 11.5 Å². The van der Waals surface area contributed by atoms with Gasteiger partial charge in [-0.1, -0.05) is 12.1 Å². The molecule has 3 rings (SSSR count). The van der Waals surface area contributed by atoms with Crippen LogP contribution >= 0.6 is 0 Å². The lowest BCUT2D eigenvalue weighted by Crippen LogP contribution is -1.92. The van der Waals surface area contributed by atoms with Gasteiger partial charge in [-0.2, -0.15) is 0 Å². The van der Waals surface area contributed by atoms with Crippen LogP contribution in [0.3, 0.4) is 0 Å². The standard InChI is InChI=1S/C16H15N3O2/c1-20-12-8-7-11(15(9-12)21-2)10-17-16-18-13-5-3-4-6-14(13)19-16/h3-10H,1-2H3,(H,18,19)/b17-10+. The molecule has 1 N–H and O–H groups in total. The minimum Gasteiger partial charge on any atom is -0.497 e. The third-order valence-corrected chi connectivity index (χ3v) is 3.14. The molecule has 0 unspecified atom stereocenters. The van der Waals surface area contributed by atoms with Crippen LogP contribution in [-0.2, 0) is 0 Å². The number of aromatic nitrogens is 2. The van der Waals surface area contributed by atoms with Crippen molar-refractivity contribution in [2.75, 3.05) is 14.2 Å². The van der Waals surface area contributed by atoms with Crippen molar-refractivity contribution in [2.45, 2.75) is 0 Å². The van der Waals surface area contributed by atoms with Crippen LogP contribution in [-0.4, -0.2) is 30.4 Å². The second-order valence-corrected chi connectivity index (χ2v) is 4.44. The van der Waals surface area contributed by atoms with E-state index in [1.807, 2.05) is 42.5 Å². The van der Waals surface area contributed by atoms with Gasteiger partial charge >= 0.3 is 0 Å². The molecule has 0 amide bonds. The van der Waals surface area contributed by atoms with Gasteiger partial charge in [0.05, 0.1) is 25.3 Å². The lowest BCUT2D eigenvalue weighted by Gasteiger charge is -2.06. The second-order valence-electron chi connectivity index (χ2n) is 4.44. The number of H-pyrrole nitrogens is 1. The number of hydrogen-bond acceptors (Lipinski definition) is 4. The van der Waals surface area contributed by atoms with E-state index in [4.69, 9.17) is 9.47 Å². The molecule has 0 aliphatic heterocycles. The van der Waals surface area contributed by atoms with E-state index in [0.29, 0.717) is 11.7 Å². The Bertz CT molecular complexity index is 760. The van der Waals surface area contributed by atoms with Gasteiger partial charge in [0.1, 0.15) is 11.5 Å². The quantitative estimate of drug-likeness (QED) is 0.746. The molecule has 0 radical (unpaired) electrons. The normalized spacial score (nSPS) is 11.1. The highest BCUT2D eigenvalue weighted by atomic mass is 16.5. The average Bonchev–Trinajstić information content (AvgIpc) is 2.95. The Kier molecular flexibility index (Phi) is 3.55. The van der Waals surface area contributed by atoms with E-state index in [0.717, 1.165) is 22.3 Å². The molecular formula is C16H15N3O2. The number of rotatable bonds is 4. The molecular weight excluding hydrogens is 266 g/mol. The molecule has 0 aliphatic carbocycles. The van der Waals surface area contributed by atoms with Crippen molar-refractivity contribution >= 4 is 23.2 Å². The Hall–Kier alpha value is -2.82. The molecule has 2 aromatic carbocycles. The molecule has 0 bridgehead atoms. The minimum atomic E-state index is 0.564. The summed E-state index contributed by atoms with van der Waals surface area (Å²) in [4.78, 5) is 11.9. The van der Waals surface area contributed by atoms with Crippen molar-refractivity contribution in [3.05, 3.63) is 48.0 Å². The highest BCUT2D eigenvalue weighted by Crippen LogP contribution is 2.24. The third kappa shape index (κ3) is 2.72. The Labute approximate surface area is 122 Å². The van der Waals surface area contributed by atoms with Gasteiger partial charge in [0.2, 0.25) is 5.95 Å². The highest BCUT2D eigenvalue weighted by Gasteiger charge is 2.04. The van der Waals surface area contributed by atoms with E-state index in [1.165, 1.54) is 0 Å². The van der Waals surface area contributed by atoms with Crippen LogP contribution in [0.1, 0.15) is 5.56 Å². The summed E-state index contributed by atoms with van der Waals surface area (Å²) in [6.07, 6.45) is 1.72. The van der Waals surface area contributed by atoms with Crippen LogP contribution in [0.5, 0.6) is 11.5 Å². The number of fused-ring (bicyclic) bond motifs is 1. The van der Waals surface area contributed by atoms with Crippen LogP contribution in [0.25, 0.3) is 11.0 Å². The minimum absolute atomic E-state index is 0.564. The monoisotopic (exact) mass is 281 g/mol. The van der Waals surface area contributed by atoms with Gasteiger partial charge in [0.25, 0.3) is 0 Å². The first-order valence-corrected chi connectivity index (χ1v) is 6.51. The fourth-order valence-electron chi connectivity index (χ4n) is 2.06. The number of para-hydroxylation sites is 2. The second kappa shape index (κ2) is 5.66. The van der Waals surface area contributed by atoms with Crippen LogP contribution in [0.4, 0.5) is 5.95 Å². The number of aliphatic imine (C=N–C) groups is 1. The molecule has 0 aliphatic rings. The Morgan fingerprint density at radius 3 is 2.71 bits per heavy atom. The maximum atomic E-state index is 5.33. The summed E-state index contributed by atoms with van der Waals surface area (Å²) in [5, 5.41) is 0. The molecule has 1 aromatic heterocycles. The Balaban J connectivity index is 1.91. The zero-order valence-corrected chi connectivity index (χ0v) is 11.8. The number of methoxy groups -OCH3 is 2. The molecule has 0 saturated carbocycles. The van der Waals surface area contributed by atoms with Gasteiger partial charge in [-0.25, -0.2) is 9.98 Å². The van der Waals surface area contributed by atoms with E-state index in [1.54, 1.807) is 20.4 Å². The summed E-state index contributed by atoms with van der Waals surface area (Å²) in [6.45, 7) is 0. The molecule has 3 aromatic rings. The number of hydrogen-bond donors (Lipinski definition) is 1. The molecule has 5 heteroatoms. The molecule has 0 atom stereocenters. The lowest BCUT2D eigenvalue weighted by atomic mass is 10.2.